The molecule has 1 atom stereocenters. The molecule has 0 aliphatic rings. The maximum absolute atomic E-state index is 5.08. The molecule has 0 aliphatic carbocycles. The van der Waals surface area contributed by atoms with E-state index in [-0.39, 0.29) is 30.0 Å². The Labute approximate surface area is 170 Å². The zero-order valence-electron chi connectivity index (χ0n) is 14.9. The summed E-state index contributed by atoms with van der Waals surface area (Å²) in [5.41, 5.74) is 0. The normalized spacial score (nSPS) is 12.5. The number of aromatic nitrogens is 3. The van der Waals surface area contributed by atoms with Gasteiger partial charge in [0.25, 0.3) is 0 Å². The molecule has 7 nitrogen and oxygen atoms in total. The van der Waals surface area contributed by atoms with Gasteiger partial charge in [-0.25, -0.2) is 0 Å². The van der Waals surface area contributed by atoms with Gasteiger partial charge in [0.2, 0.25) is 0 Å². The number of thiophene rings is 1. The summed E-state index contributed by atoms with van der Waals surface area (Å²) in [6, 6.07) is 4.39. The van der Waals surface area contributed by atoms with Crippen molar-refractivity contribution in [2.24, 2.45) is 4.99 Å². The van der Waals surface area contributed by atoms with Crippen molar-refractivity contribution in [3.63, 3.8) is 0 Å². The smallest absolute Gasteiger partial charge is 0.191 e. The van der Waals surface area contributed by atoms with E-state index in [1.54, 1.807) is 24.8 Å². The Bertz CT molecular complexity index is 616. The van der Waals surface area contributed by atoms with Crippen molar-refractivity contribution < 1.29 is 4.74 Å². The van der Waals surface area contributed by atoms with Gasteiger partial charge in [-0.15, -0.1) is 45.5 Å². The van der Waals surface area contributed by atoms with E-state index < -0.39 is 0 Å². The molecule has 0 saturated carbocycles. The molecule has 0 aliphatic heterocycles. The molecule has 2 N–H and O–H groups in total. The van der Waals surface area contributed by atoms with E-state index in [0.29, 0.717) is 13.2 Å². The first-order valence-corrected chi connectivity index (χ1v) is 9.06. The van der Waals surface area contributed by atoms with Gasteiger partial charge in [0.05, 0.1) is 19.2 Å². The molecular weight excluding hydrogens is 451 g/mol. The number of ether oxygens (including phenoxy) is 1. The van der Waals surface area contributed by atoms with E-state index >= 15 is 0 Å². The summed E-state index contributed by atoms with van der Waals surface area (Å²) in [6.45, 7) is 6.99. The van der Waals surface area contributed by atoms with Crippen LogP contribution in [0.3, 0.4) is 0 Å². The quantitative estimate of drug-likeness (QED) is 0.251. The highest BCUT2D eigenvalue weighted by Gasteiger charge is 2.09. The van der Waals surface area contributed by atoms with E-state index in [9.17, 15) is 0 Å². The molecule has 0 fully saturated rings. The van der Waals surface area contributed by atoms with Gasteiger partial charge in [0, 0.05) is 31.5 Å². The number of aryl methyl sites for hydroxylation is 1. The Morgan fingerprint density at radius 2 is 2.32 bits per heavy atom. The maximum atomic E-state index is 5.08. The van der Waals surface area contributed by atoms with E-state index in [1.807, 2.05) is 0 Å². The fourth-order valence-corrected chi connectivity index (χ4v) is 2.98. The number of aliphatic imine (C=N–C) groups is 1. The molecule has 0 bridgehead atoms. The van der Waals surface area contributed by atoms with Crippen LogP contribution in [0.1, 0.15) is 30.6 Å². The minimum absolute atomic E-state index is 0. The molecule has 2 aromatic heterocycles. The number of nitrogens with zero attached hydrogens (tertiary/aromatic N) is 4. The first-order chi connectivity index (χ1) is 11.7. The third-order valence-electron chi connectivity index (χ3n) is 3.55. The third kappa shape index (κ3) is 7.28. The second-order valence-electron chi connectivity index (χ2n) is 5.33. The van der Waals surface area contributed by atoms with Crippen LogP contribution in [0.25, 0.3) is 0 Å². The summed E-state index contributed by atoms with van der Waals surface area (Å²) in [5.74, 6) is 1.79. The van der Waals surface area contributed by atoms with Gasteiger partial charge >= 0.3 is 0 Å². The molecule has 2 rings (SSSR count). The fraction of sp³-hybridized carbons (Fsp3) is 0.562. The van der Waals surface area contributed by atoms with Crippen molar-refractivity contribution in [2.45, 2.75) is 32.9 Å². The van der Waals surface area contributed by atoms with Crippen LogP contribution in [0, 0.1) is 0 Å². The average molecular weight is 478 g/mol. The maximum Gasteiger partial charge on any atom is 0.191 e. The van der Waals surface area contributed by atoms with E-state index in [2.05, 4.69) is 61.8 Å². The monoisotopic (exact) mass is 478 g/mol. The van der Waals surface area contributed by atoms with Gasteiger partial charge < -0.3 is 19.9 Å². The molecule has 140 valence electrons. The largest absolute Gasteiger partial charge is 0.383 e. The second kappa shape index (κ2) is 12.2. The Balaban J connectivity index is 0.00000312. The lowest BCUT2D eigenvalue weighted by molar-refractivity contribution is 0.208. The Morgan fingerprint density at radius 3 is 3.00 bits per heavy atom. The van der Waals surface area contributed by atoms with Crippen molar-refractivity contribution >= 4 is 41.3 Å². The second-order valence-corrected chi connectivity index (χ2v) is 6.30. The number of hydrogen-bond donors (Lipinski definition) is 2. The van der Waals surface area contributed by atoms with Crippen LogP contribution in [0.5, 0.6) is 0 Å². The molecule has 0 radical (unpaired) electrons. The number of halogens is 1. The predicted octanol–water partition coefficient (Wildman–Crippen LogP) is 2.46. The number of guanidine groups is 1. The van der Waals surface area contributed by atoms with E-state index in [4.69, 9.17) is 4.74 Å². The van der Waals surface area contributed by atoms with Crippen molar-refractivity contribution in [2.75, 3.05) is 26.8 Å². The van der Waals surface area contributed by atoms with Crippen molar-refractivity contribution in [1.82, 2.24) is 25.4 Å². The molecule has 25 heavy (non-hydrogen) atoms. The van der Waals surface area contributed by atoms with Gasteiger partial charge in [-0.05, 0) is 18.4 Å². The Kier molecular flexibility index (Phi) is 10.7. The highest BCUT2D eigenvalue weighted by atomic mass is 127. The summed E-state index contributed by atoms with van der Waals surface area (Å²) >= 11 is 1.74. The lowest BCUT2D eigenvalue weighted by Crippen LogP contribution is -2.40. The summed E-state index contributed by atoms with van der Waals surface area (Å²) in [7, 11) is 1.68. The van der Waals surface area contributed by atoms with Crippen molar-refractivity contribution in [3.05, 3.63) is 34.5 Å². The van der Waals surface area contributed by atoms with E-state index in [0.717, 1.165) is 31.3 Å². The van der Waals surface area contributed by atoms with Crippen LogP contribution in [-0.4, -0.2) is 47.5 Å². The first-order valence-electron chi connectivity index (χ1n) is 8.18. The van der Waals surface area contributed by atoms with E-state index in [1.165, 1.54) is 4.88 Å². The molecule has 9 heteroatoms. The predicted molar refractivity (Wildman–Crippen MR) is 113 cm³/mol. The topological polar surface area (TPSA) is 76.4 Å². The van der Waals surface area contributed by atoms with Crippen LogP contribution in [0.15, 0.2) is 28.8 Å². The molecule has 1 unspecified atom stereocenters. The highest BCUT2D eigenvalue weighted by molar-refractivity contribution is 14.0. The van der Waals surface area contributed by atoms with Gasteiger partial charge in [-0.1, -0.05) is 13.0 Å². The van der Waals surface area contributed by atoms with Crippen LogP contribution < -0.4 is 10.6 Å². The molecule has 0 amide bonds. The molecule has 2 heterocycles. The molecule has 0 aromatic carbocycles. The molecule has 0 spiro atoms. The minimum atomic E-state index is 0. The Hall–Kier alpha value is -1.20. The van der Waals surface area contributed by atoms with Crippen molar-refractivity contribution in [3.8, 4) is 0 Å². The van der Waals surface area contributed by atoms with Crippen LogP contribution in [-0.2, 0) is 17.7 Å². The standard InChI is InChI=1S/C16H26N6OS.HI/c1-4-15-21-19-12-22(15)9-7-17-16(18-8-10-23-3)20-13(2)14-6-5-11-24-14;/h5-6,11-13H,4,7-10H2,1-3H3,(H2,17,18,20);1H. The van der Waals surface area contributed by atoms with Crippen LogP contribution >= 0.6 is 35.3 Å². The summed E-state index contributed by atoms with van der Waals surface area (Å²) < 4.78 is 7.14. The average Bonchev–Trinajstić information content (AvgIpc) is 3.26. The summed E-state index contributed by atoms with van der Waals surface area (Å²) in [5, 5.41) is 17.0. The Morgan fingerprint density at radius 1 is 1.48 bits per heavy atom. The zero-order chi connectivity index (χ0) is 17.2. The lowest BCUT2D eigenvalue weighted by Gasteiger charge is -2.18. The molecule has 2 aromatic rings. The SMILES string of the molecule is CCc1nncn1CCNC(=NCCOC)NC(C)c1cccs1.I. The van der Waals surface area contributed by atoms with Gasteiger partial charge in [0.15, 0.2) is 5.96 Å². The summed E-state index contributed by atoms with van der Waals surface area (Å²) in [6.07, 6.45) is 2.65. The van der Waals surface area contributed by atoms with Crippen LogP contribution in [0.2, 0.25) is 0 Å². The number of hydrogen-bond acceptors (Lipinski definition) is 5. The number of rotatable bonds is 9. The fourth-order valence-electron chi connectivity index (χ4n) is 2.25. The summed E-state index contributed by atoms with van der Waals surface area (Å²) in [4.78, 5) is 5.84. The number of methoxy groups -OCH3 is 1. The third-order valence-corrected chi connectivity index (χ3v) is 4.60. The van der Waals surface area contributed by atoms with Gasteiger partial charge in [-0.2, -0.15) is 0 Å². The van der Waals surface area contributed by atoms with Gasteiger partial charge in [0.1, 0.15) is 12.2 Å². The highest BCUT2D eigenvalue weighted by Crippen LogP contribution is 2.17. The van der Waals surface area contributed by atoms with Crippen molar-refractivity contribution in [1.29, 1.82) is 0 Å². The minimum Gasteiger partial charge on any atom is -0.383 e. The van der Waals surface area contributed by atoms with Crippen LogP contribution in [0.4, 0.5) is 0 Å². The molecule has 0 saturated heterocycles. The lowest BCUT2D eigenvalue weighted by atomic mass is 10.3. The van der Waals surface area contributed by atoms with Gasteiger partial charge in [-0.3, -0.25) is 4.99 Å². The first kappa shape index (κ1) is 21.8. The number of nitrogens with one attached hydrogen (secondary N) is 2. The molecular formula is C16H27IN6OS. The zero-order valence-corrected chi connectivity index (χ0v) is 18.1.